The van der Waals surface area contributed by atoms with Gasteiger partial charge in [0.1, 0.15) is 0 Å². The van der Waals surface area contributed by atoms with E-state index in [0.717, 1.165) is 18.8 Å². The van der Waals surface area contributed by atoms with Gasteiger partial charge in [0.2, 0.25) is 0 Å². The average Bonchev–Trinajstić information content (AvgIpc) is 1.93. The second-order valence-corrected chi connectivity index (χ2v) is 2.91. The van der Waals surface area contributed by atoms with Crippen LogP contribution in [0.5, 0.6) is 0 Å². The molecular weight excluding hydrogens is 160 g/mol. The molecule has 0 spiro atoms. The van der Waals surface area contributed by atoms with Crippen LogP contribution >= 0.6 is 12.2 Å². The maximum absolute atomic E-state index is 5.35. The quantitative estimate of drug-likeness (QED) is 0.437. The smallest absolute Gasteiger partial charge is 0.0980 e. The van der Waals surface area contributed by atoms with Gasteiger partial charge in [0, 0.05) is 12.2 Å². The minimum atomic E-state index is 0.0882. The van der Waals surface area contributed by atoms with Gasteiger partial charge in [-0.3, -0.25) is 0 Å². The van der Waals surface area contributed by atoms with E-state index in [2.05, 4.69) is 5.32 Å². The molecule has 1 unspecified atom stereocenters. The number of rotatable bonds is 1. The lowest BCUT2D eigenvalue weighted by atomic mass is 10.2. The number of hydrogen-bond acceptors (Lipinski definition) is 3. The van der Waals surface area contributed by atoms with Crippen molar-refractivity contribution in [3.05, 3.63) is 11.8 Å². The molecule has 11 heavy (non-hydrogen) atoms. The Bertz CT molecular complexity index is 191. The number of ether oxygens (including phenoxy) is 1. The summed E-state index contributed by atoms with van der Waals surface area (Å²) in [5.74, 6) is 0. The van der Waals surface area contributed by atoms with Gasteiger partial charge in [-0.05, 0) is 13.0 Å². The van der Waals surface area contributed by atoms with Crippen LogP contribution in [-0.4, -0.2) is 24.2 Å². The lowest BCUT2D eigenvalue weighted by molar-refractivity contribution is 0.0661. The van der Waals surface area contributed by atoms with Crippen molar-refractivity contribution < 1.29 is 4.74 Å². The monoisotopic (exact) mass is 172 g/mol. The van der Waals surface area contributed by atoms with Gasteiger partial charge in [-0.15, -0.1) is 0 Å². The van der Waals surface area contributed by atoms with Gasteiger partial charge in [0.15, 0.2) is 0 Å². The third kappa shape index (κ3) is 2.48. The SMILES string of the molecule is CC1OCCN/C1=C\C(N)=S. The molecule has 1 rings (SSSR count). The number of thiocarbonyl (C=S) groups is 1. The summed E-state index contributed by atoms with van der Waals surface area (Å²) in [7, 11) is 0. The first kappa shape index (κ1) is 8.49. The summed E-state index contributed by atoms with van der Waals surface area (Å²) in [5.41, 5.74) is 6.32. The first-order chi connectivity index (χ1) is 5.20. The molecule has 4 heteroatoms. The van der Waals surface area contributed by atoms with Crippen molar-refractivity contribution in [2.75, 3.05) is 13.2 Å². The molecule has 1 aliphatic heterocycles. The Morgan fingerprint density at radius 1 is 1.91 bits per heavy atom. The van der Waals surface area contributed by atoms with Gasteiger partial charge in [-0.25, -0.2) is 0 Å². The van der Waals surface area contributed by atoms with Crippen molar-refractivity contribution in [3.63, 3.8) is 0 Å². The van der Waals surface area contributed by atoms with Gasteiger partial charge in [0.05, 0.1) is 17.7 Å². The Morgan fingerprint density at radius 3 is 3.18 bits per heavy atom. The van der Waals surface area contributed by atoms with E-state index in [0.29, 0.717) is 4.99 Å². The molecule has 3 nitrogen and oxygen atoms in total. The maximum atomic E-state index is 5.35. The zero-order valence-electron chi connectivity index (χ0n) is 6.46. The van der Waals surface area contributed by atoms with Crippen LogP contribution in [0.15, 0.2) is 11.8 Å². The summed E-state index contributed by atoms with van der Waals surface area (Å²) in [5, 5.41) is 3.17. The van der Waals surface area contributed by atoms with Gasteiger partial charge >= 0.3 is 0 Å². The van der Waals surface area contributed by atoms with Crippen LogP contribution in [0.2, 0.25) is 0 Å². The van der Waals surface area contributed by atoms with Crippen LogP contribution in [0.3, 0.4) is 0 Å². The average molecular weight is 172 g/mol. The highest BCUT2D eigenvalue weighted by atomic mass is 32.1. The van der Waals surface area contributed by atoms with Crippen molar-refractivity contribution >= 4 is 17.2 Å². The number of hydrogen-bond donors (Lipinski definition) is 2. The lowest BCUT2D eigenvalue weighted by Crippen LogP contribution is -2.35. The molecule has 1 saturated heterocycles. The fourth-order valence-corrected chi connectivity index (χ4v) is 1.11. The predicted octanol–water partition coefficient (Wildman–Crippen LogP) is 0.165. The van der Waals surface area contributed by atoms with Crippen LogP contribution in [0.4, 0.5) is 0 Å². The second-order valence-electron chi connectivity index (χ2n) is 2.44. The van der Waals surface area contributed by atoms with E-state index < -0.39 is 0 Å². The summed E-state index contributed by atoms with van der Waals surface area (Å²) in [4.78, 5) is 0.393. The van der Waals surface area contributed by atoms with Gasteiger partial charge in [0.25, 0.3) is 0 Å². The molecule has 0 aliphatic carbocycles. The molecule has 62 valence electrons. The Hall–Kier alpha value is -0.610. The van der Waals surface area contributed by atoms with Crippen molar-refractivity contribution in [2.45, 2.75) is 13.0 Å². The summed E-state index contributed by atoms with van der Waals surface area (Å²) in [6.07, 6.45) is 1.82. The molecule has 0 bridgehead atoms. The summed E-state index contributed by atoms with van der Waals surface area (Å²) in [6.45, 7) is 3.55. The summed E-state index contributed by atoms with van der Waals surface area (Å²) >= 11 is 4.74. The van der Waals surface area contributed by atoms with E-state index in [9.17, 15) is 0 Å². The molecule has 1 atom stereocenters. The molecule has 1 heterocycles. The fraction of sp³-hybridized carbons (Fsp3) is 0.571. The second kappa shape index (κ2) is 3.69. The van der Waals surface area contributed by atoms with Crippen molar-refractivity contribution in [2.24, 2.45) is 5.73 Å². The Balaban J connectivity index is 2.60. The number of nitrogens with two attached hydrogens (primary N) is 1. The molecule has 0 aromatic carbocycles. The number of morpholine rings is 1. The van der Waals surface area contributed by atoms with Crippen LogP contribution in [0, 0.1) is 0 Å². The van der Waals surface area contributed by atoms with Crippen LogP contribution < -0.4 is 11.1 Å². The molecule has 0 aromatic heterocycles. The summed E-state index contributed by atoms with van der Waals surface area (Å²) in [6, 6.07) is 0. The van der Waals surface area contributed by atoms with Gasteiger partial charge in [-0.1, -0.05) is 12.2 Å². The minimum Gasteiger partial charge on any atom is -0.390 e. The topological polar surface area (TPSA) is 47.3 Å². The van der Waals surface area contributed by atoms with E-state index in [-0.39, 0.29) is 6.10 Å². The molecular formula is C7H12N2OS. The van der Waals surface area contributed by atoms with Crippen molar-refractivity contribution in [3.8, 4) is 0 Å². The van der Waals surface area contributed by atoms with Gasteiger partial charge in [-0.2, -0.15) is 0 Å². The third-order valence-corrected chi connectivity index (χ3v) is 1.65. The van der Waals surface area contributed by atoms with E-state index >= 15 is 0 Å². The Kier molecular flexibility index (Phi) is 2.84. The first-order valence-corrected chi connectivity index (χ1v) is 3.97. The minimum absolute atomic E-state index is 0.0882. The third-order valence-electron chi connectivity index (χ3n) is 1.53. The van der Waals surface area contributed by atoms with E-state index in [1.165, 1.54) is 0 Å². The van der Waals surface area contributed by atoms with Crippen LogP contribution in [0.25, 0.3) is 0 Å². The zero-order chi connectivity index (χ0) is 8.27. The maximum Gasteiger partial charge on any atom is 0.0980 e. The van der Waals surface area contributed by atoms with Gasteiger partial charge < -0.3 is 15.8 Å². The Labute approximate surface area is 71.6 Å². The van der Waals surface area contributed by atoms with E-state index in [1.54, 1.807) is 6.08 Å². The molecule has 0 radical (unpaired) electrons. The van der Waals surface area contributed by atoms with E-state index in [1.807, 2.05) is 6.92 Å². The molecule has 0 amide bonds. The normalized spacial score (nSPS) is 28.1. The molecule has 1 aliphatic rings. The van der Waals surface area contributed by atoms with Crippen molar-refractivity contribution in [1.29, 1.82) is 0 Å². The van der Waals surface area contributed by atoms with Crippen LogP contribution in [-0.2, 0) is 4.74 Å². The first-order valence-electron chi connectivity index (χ1n) is 3.56. The zero-order valence-corrected chi connectivity index (χ0v) is 7.28. The fourth-order valence-electron chi connectivity index (χ4n) is 0.986. The molecule has 0 saturated carbocycles. The summed E-state index contributed by atoms with van der Waals surface area (Å²) < 4.78 is 5.35. The Morgan fingerprint density at radius 2 is 2.64 bits per heavy atom. The predicted molar refractivity (Wildman–Crippen MR) is 48.3 cm³/mol. The lowest BCUT2D eigenvalue weighted by Gasteiger charge is -2.24. The molecule has 3 N–H and O–H groups in total. The largest absolute Gasteiger partial charge is 0.390 e. The highest BCUT2D eigenvalue weighted by molar-refractivity contribution is 7.80. The highest BCUT2D eigenvalue weighted by Gasteiger charge is 2.13. The molecule has 1 fully saturated rings. The highest BCUT2D eigenvalue weighted by Crippen LogP contribution is 2.06. The standard InChI is InChI=1S/C7H12N2OS/c1-5-6(4-7(8)11)9-2-3-10-5/h4-5,9H,2-3H2,1H3,(H2,8,11)/b6-4-. The van der Waals surface area contributed by atoms with Crippen LogP contribution in [0.1, 0.15) is 6.92 Å². The van der Waals surface area contributed by atoms with Crippen molar-refractivity contribution in [1.82, 2.24) is 5.32 Å². The number of nitrogens with one attached hydrogen (secondary N) is 1. The van der Waals surface area contributed by atoms with E-state index in [4.69, 9.17) is 22.7 Å². The molecule has 0 aromatic rings.